The molecule has 8 nitrogen and oxygen atoms in total. The summed E-state index contributed by atoms with van der Waals surface area (Å²) in [6.45, 7) is -0.556. The molecule has 10 N–H and O–H groups in total. The van der Waals surface area contributed by atoms with E-state index in [2.05, 4.69) is 11.5 Å². The van der Waals surface area contributed by atoms with Crippen LogP contribution in [0.2, 0.25) is 0 Å². The Hall–Kier alpha value is -0.597. The van der Waals surface area contributed by atoms with E-state index in [-0.39, 0.29) is 43.5 Å². The summed E-state index contributed by atoms with van der Waals surface area (Å²) in [5, 5.41) is 15.2. The third-order valence-electron chi connectivity index (χ3n) is 0.349. The number of hydrogen-bond acceptors (Lipinski definition) is 4. The van der Waals surface area contributed by atoms with Gasteiger partial charge < -0.3 is 32.6 Å². The van der Waals surface area contributed by atoms with Crippen LogP contribution in [0.3, 0.4) is 0 Å². The molecule has 0 bridgehead atoms. The summed E-state index contributed by atoms with van der Waals surface area (Å²) in [5.74, 6) is -1.94. The largest absolute Gasteiger partial charge is 0.480 e. The molecular weight excluding hydrogens is 237 g/mol. The maximum absolute atomic E-state index is 9.24. The number of carbonyl (C=O) groups is 2. The monoisotopic (exact) mass is 250 g/mol. The third kappa shape index (κ3) is 87.1. The second kappa shape index (κ2) is 22.5. The minimum atomic E-state index is -0.968. The predicted molar refractivity (Wildman–Crippen MR) is 40.6 cm³/mol. The molecule has 0 rings (SSSR count). The van der Waals surface area contributed by atoms with Crippen molar-refractivity contribution >= 4 is 11.9 Å². The van der Waals surface area contributed by atoms with Crippen LogP contribution in [-0.4, -0.2) is 46.2 Å². The molecule has 0 amide bonds. The van der Waals surface area contributed by atoms with Gasteiger partial charge in [0, 0.05) is 19.5 Å². The van der Waals surface area contributed by atoms with Crippen molar-refractivity contribution < 1.29 is 50.2 Å². The number of hydrogen-bond donors (Lipinski definition) is 4. The van der Waals surface area contributed by atoms with E-state index in [1.54, 1.807) is 0 Å². The van der Waals surface area contributed by atoms with Crippen molar-refractivity contribution in [2.24, 2.45) is 11.5 Å². The van der Waals surface area contributed by atoms with E-state index in [0.717, 1.165) is 0 Å². The van der Waals surface area contributed by atoms with Crippen LogP contribution in [0.4, 0.5) is 0 Å². The third-order valence-corrected chi connectivity index (χ3v) is 0.349. The van der Waals surface area contributed by atoms with Gasteiger partial charge in [-0.2, -0.15) is 0 Å². The molecule has 0 unspecified atom stereocenters. The summed E-state index contributed by atoms with van der Waals surface area (Å²) in [4.78, 5) is 18.5. The van der Waals surface area contributed by atoms with Crippen molar-refractivity contribution in [3.05, 3.63) is 0 Å². The van der Waals surface area contributed by atoms with E-state index < -0.39 is 11.9 Å². The summed E-state index contributed by atoms with van der Waals surface area (Å²) >= 11 is 0. The molecule has 0 saturated carbocycles. The Morgan fingerprint density at radius 1 is 0.923 bits per heavy atom. The van der Waals surface area contributed by atoms with Gasteiger partial charge in [-0.25, -0.2) is 0 Å². The van der Waals surface area contributed by atoms with Gasteiger partial charge in [-0.1, -0.05) is 0 Å². The van der Waals surface area contributed by atoms with Crippen LogP contribution in [0.1, 0.15) is 0 Å². The molecule has 0 aliphatic carbocycles. The Balaban J connectivity index is -0.0000000267. The first kappa shape index (κ1) is 29.4. The molecule has 0 aromatic carbocycles. The van der Waals surface area contributed by atoms with Crippen LogP contribution in [0.25, 0.3) is 0 Å². The average molecular weight is 252 g/mol. The molecule has 0 radical (unpaired) electrons. The first-order chi connectivity index (χ1) is 4.54. The Morgan fingerprint density at radius 3 is 1.00 bits per heavy atom. The number of nitrogens with two attached hydrogens (primary N) is 2. The fraction of sp³-hybridized carbons (Fsp3) is 0.500. The van der Waals surface area contributed by atoms with Crippen LogP contribution >= 0.6 is 0 Å². The zero-order valence-corrected chi connectivity index (χ0v) is 9.95. The normalized spacial score (nSPS) is 5.69. The molecule has 0 atom stereocenters. The van der Waals surface area contributed by atoms with Crippen molar-refractivity contribution in [3.63, 3.8) is 0 Å². The van der Waals surface area contributed by atoms with E-state index in [4.69, 9.17) is 10.2 Å². The smallest absolute Gasteiger partial charge is 0.317 e. The molecule has 9 heteroatoms. The topological polar surface area (TPSA) is 190 Å². The van der Waals surface area contributed by atoms with Gasteiger partial charge in [-0.05, 0) is 0 Å². The summed E-state index contributed by atoms with van der Waals surface area (Å²) in [5.41, 5.74) is 9.14. The van der Waals surface area contributed by atoms with E-state index in [1.165, 1.54) is 0 Å². The van der Waals surface area contributed by atoms with Crippen LogP contribution in [-0.2, 0) is 29.1 Å². The maximum atomic E-state index is 9.24. The minimum absolute atomic E-state index is 0. The van der Waals surface area contributed by atoms with Gasteiger partial charge in [0.1, 0.15) is 0 Å². The molecule has 0 heterocycles. The average Bonchev–Trinajstić information content (AvgIpc) is 1.89. The fourth-order valence-electron chi connectivity index (χ4n) is 0. The summed E-state index contributed by atoms with van der Waals surface area (Å²) in [6, 6.07) is 0. The van der Waals surface area contributed by atoms with E-state index in [1.807, 2.05) is 0 Å². The van der Waals surface area contributed by atoms with Gasteiger partial charge in [0.25, 0.3) is 0 Å². The van der Waals surface area contributed by atoms with Crippen LogP contribution in [0, 0.1) is 0 Å². The summed E-state index contributed by atoms with van der Waals surface area (Å²) in [7, 11) is 0. The van der Waals surface area contributed by atoms with Crippen molar-refractivity contribution in [2.75, 3.05) is 13.1 Å². The van der Waals surface area contributed by atoms with Gasteiger partial charge in [-0.15, -0.1) is 0 Å². The van der Waals surface area contributed by atoms with E-state index >= 15 is 0 Å². The van der Waals surface area contributed by atoms with E-state index in [0.29, 0.717) is 0 Å². The maximum Gasteiger partial charge on any atom is 0.317 e. The Bertz CT molecular complexity index is 107. The zero-order chi connectivity index (χ0) is 8.57. The molecule has 0 fully saturated rings. The van der Waals surface area contributed by atoms with Crippen molar-refractivity contribution in [2.45, 2.75) is 0 Å². The zero-order valence-electron chi connectivity index (χ0n) is 6.99. The quantitative estimate of drug-likeness (QED) is 0.366. The second-order valence-corrected chi connectivity index (χ2v) is 1.20. The van der Waals surface area contributed by atoms with Crippen LogP contribution < -0.4 is 11.5 Å². The van der Waals surface area contributed by atoms with Gasteiger partial charge in [0.05, 0.1) is 13.1 Å². The van der Waals surface area contributed by atoms with Gasteiger partial charge in [0.2, 0.25) is 0 Å². The predicted octanol–water partition coefficient (Wildman–Crippen LogP) is -3.59. The van der Waals surface area contributed by atoms with Crippen molar-refractivity contribution in [1.29, 1.82) is 0 Å². The first-order valence-electron chi connectivity index (χ1n) is 2.38. The Kier molecular flexibility index (Phi) is 51.0. The SMILES string of the molecule is NCC(=O)O.NCC(=O)O.O.O.[Zn]. The van der Waals surface area contributed by atoms with Crippen LogP contribution in [0.5, 0.6) is 0 Å². The van der Waals surface area contributed by atoms with Crippen molar-refractivity contribution in [3.8, 4) is 0 Å². The molecular formula is C4H14N2O6Zn. The van der Waals surface area contributed by atoms with Gasteiger partial charge in [-0.3, -0.25) is 9.59 Å². The number of carboxylic acid groups (broad SMARTS) is 2. The molecule has 0 aliphatic rings. The Morgan fingerprint density at radius 2 is 1.00 bits per heavy atom. The van der Waals surface area contributed by atoms with Gasteiger partial charge in [0.15, 0.2) is 0 Å². The van der Waals surface area contributed by atoms with Gasteiger partial charge >= 0.3 is 11.9 Å². The molecule has 0 aromatic heterocycles. The fourth-order valence-corrected chi connectivity index (χ4v) is 0. The summed E-state index contributed by atoms with van der Waals surface area (Å²) in [6.07, 6.45) is 0. The number of carboxylic acids is 2. The standard InChI is InChI=1S/2C2H5NO2.2H2O.Zn/c2*3-1-2(4)5;;;/h2*1,3H2,(H,4,5);2*1H2;. The number of aliphatic carboxylic acids is 2. The molecule has 0 aromatic rings. The molecule has 0 aliphatic heterocycles. The van der Waals surface area contributed by atoms with E-state index in [9.17, 15) is 9.59 Å². The molecule has 0 saturated heterocycles. The minimum Gasteiger partial charge on any atom is -0.480 e. The number of rotatable bonds is 2. The second-order valence-electron chi connectivity index (χ2n) is 1.20. The van der Waals surface area contributed by atoms with Crippen LogP contribution in [0.15, 0.2) is 0 Å². The molecule has 78 valence electrons. The van der Waals surface area contributed by atoms with Crippen molar-refractivity contribution in [1.82, 2.24) is 0 Å². The molecule has 0 spiro atoms. The molecule has 13 heavy (non-hydrogen) atoms. The summed E-state index contributed by atoms with van der Waals surface area (Å²) < 4.78 is 0. The Labute approximate surface area is 87.3 Å². The first-order valence-corrected chi connectivity index (χ1v) is 2.38.